The van der Waals surface area contributed by atoms with Gasteiger partial charge in [-0.1, -0.05) is 18.2 Å². The van der Waals surface area contributed by atoms with Gasteiger partial charge in [0.25, 0.3) is 5.91 Å². The maximum absolute atomic E-state index is 14.7. The highest BCUT2D eigenvalue weighted by molar-refractivity contribution is 6.16. The lowest BCUT2D eigenvalue weighted by atomic mass is 9.75. The Labute approximate surface area is 193 Å². The van der Waals surface area contributed by atoms with Crippen LogP contribution in [-0.4, -0.2) is 42.5 Å². The van der Waals surface area contributed by atoms with Gasteiger partial charge < -0.3 is 10.6 Å². The van der Waals surface area contributed by atoms with Gasteiger partial charge in [-0.3, -0.25) is 9.59 Å². The molecule has 2 aliphatic rings. The number of aromatic nitrogens is 5. The summed E-state index contributed by atoms with van der Waals surface area (Å²) in [4.78, 5) is 37.1. The summed E-state index contributed by atoms with van der Waals surface area (Å²) in [5.74, 6) is -8.71. The van der Waals surface area contributed by atoms with Gasteiger partial charge in [0, 0.05) is 5.56 Å². The van der Waals surface area contributed by atoms with Gasteiger partial charge in [-0.2, -0.15) is 13.9 Å². The minimum Gasteiger partial charge on any atom is -0.309 e. The molecular weight excluding hydrogens is 470 g/mol. The molecule has 1 unspecified atom stereocenters. The highest BCUT2D eigenvalue weighted by Crippen LogP contribution is 2.53. The number of halogens is 4. The van der Waals surface area contributed by atoms with Gasteiger partial charge in [0.05, 0.1) is 23.7 Å². The predicted octanol–water partition coefficient (Wildman–Crippen LogP) is 3.01. The van der Waals surface area contributed by atoms with Gasteiger partial charge in [0.1, 0.15) is 29.0 Å². The molecule has 3 aromatic heterocycles. The number of rotatable bonds is 3. The molecule has 1 aromatic carbocycles. The van der Waals surface area contributed by atoms with E-state index in [1.165, 1.54) is 16.8 Å². The third-order valence-corrected chi connectivity index (χ3v) is 6.28. The molecule has 176 valence electrons. The Morgan fingerprint density at radius 2 is 1.71 bits per heavy atom. The monoisotopic (exact) mass is 483 g/mol. The number of amides is 2. The number of carbonyl (C=O) groups excluding carboxylic acids is 2. The van der Waals surface area contributed by atoms with E-state index < -0.39 is 34.8 Å². The Morgan fingerprint density at radius 3 is 2.43 bits per heavy atom. The maximum atomic E-state index is 14.7. The van der Waals surface area contributed by atoms with Crippen LogP contribution >= 0.6 is 0 Å². The SMILES string of the molecule is CC12C(=O)Nc3nc(-c4nn(Cc5ccccc5F)c5ncc(F)cc45)nc(c31)NC(=O)C2(F)F. The fraction of sp³-hybridized carbons (Fsp3) is 0.182. The molecule has 13 heteroatoms. The van der Waals surface area contributed by atoms with Gasteiger partial charge in [0.15, 0.2) is 16.9 Å². The molecule has 0 bridgehead atoms. The lowest BCUT2D eigenvalue weighted by Crippen LogP contribution is -2.58. The Bertz CT molecular complexity index is 1600. The van der Waals surface area contributed by atoms with Crippen LogP contribution in [0.2, 0.25) is 0 Å². The summed E-state index contributed by atoms with van der Waals surface area (Å²) in [6.45, 7) is 0.884. The van der Waals surface area contributed by atoms with Gasteiger partial charge in [-0.05, 0) is 19.1 Å². The van der Waals surface area contributed by atoms with E-state index in [-0.39, 0.29) is 51.9 Å². The topological polar surface area (TPSA) is 115 Å². The number of anilines is 2. The van der Waals surface area contributed by atoms with Crippen molar-refractivity contribution in [1.29, 1.82) is 0 Å². The van der Waals surface area contributed by atoms with Crippen LogP contribution < -0.4 is 10.6 Å². The van der Waals surface area contributed by atoms with Crippen LogP contribution in [-0.2, 0) is 21.5 Å². The maximum Gasteiger partial charge on any atom is 0.343 e. The molecule has 0 spiro atoms. The number of nitrogens with one attached hydrogen (secondary N) is 2. The van der Waals surface area contributed by atoms with E-state index in [0.717, 1.165) is 19.2 Å². The fourth-order valence-corrected chi connectivity index (χ4v) is 4.38. The van der Waals surface area contributed by atoms with E-state index in [9.17, 15) is 27.2 Å². The van der Waals surface area contributed by atoms with E-state index in [1.54, 1.807) is 12.1 Å². The van der Waals surface area contributed by atoms with Gasteiger partial charge in [-0.25, -0.2) is 28.4 Å². The molecule has 2 aliphatic heterocycles. The van der Waals surface area contributed by atoms with Gasteiger partial charge in [0.2, 0.25) is 5.91 Å². The average molecular weight is 483 g/mol. The number of nitrogens with zero attached hydrogens (tertiary/aromatic N) is 5. The molecule has 0 fully saturated rings. The van der Waals surface area contributed by atoms with E-state index in [1.807, 2.05) is 5.32 Å². The molecule has 35 heavy (non-hydrogen) atoms. The number of carbonyl (C=O) groups is 2. The smallest absolute Gasteiger partial charge is 0.309 e. The van der Waals surface area contributed by atoms with E-state index >= 15 is 0 Å². The highest BCUT2D eigenvalue weighted by atomic mass is 19.3. The second-order valence-electron chi connectivity index (χ2n) is 8.35. The number of pyridine rings is 1. The lowest BCUT2D eigenvalue weighted by Gasteiger charge is -2.35. The van der Waals surface area contributed by atoms with Crippen LogP contribution in [0.3, 0.4) is 0 Å². The van der Waals surface area contributed by atoms with Crippen molar-refractivity contribution in [2.24, 2.45) is 0 Å². The number of alkyl halides is 2. The summed E-state index contributed by atoms with van der Waals surface area (Å²) >= 11 is 0. The lowest BCUT2D eigenvalue weighted by molar-refractivity contribution is -0.157. The largest absolute Gasteiger partial charge is 0.343 e. The number of hydrogen-bond acceptors (Lipinski definition) is 6. The van der Waals surface area contributed by atoms with Crippen LogP contribution in [0.1, 0.15) is 18.1 Å². The summed E-state index contributed by atoms with van der Waals surface area (Å²) < 4.78 is 59.1. The molecule has 0 aliphatic carbocycles. The Morgan fingerprint density at radius 1 is 1.03 bits per heavy atom. The zero-order valence-electron chi connectivity index (χ0n) is 17.7. The van der Waals surface area contributed by atoms with Crippen molar-refractivity contribution in [3.8, 4) is 11.5 Å². The van der Waals surface area contributed by atoms with Crippen molar-refractivity contribution >= 4 is 34.5 Å². The normalized spacial score (nSPS) is 20.0. The molecule has 0 saturated heterocycles. The second-order valence-corrected chi connectivity index (χ2v) is 8.35. The first-order valence-corrected chi connectivity index (χ1v) is 10.3. The number of hydrogen-bond donors (Lipinski definition) is 2. The van der Waals surface area contributed by atoms with E-state index in [2.05, 4.69) is 25.4 Å². The van der Waals surface area contributed by atoms with Crippen molar-refractivity contribution in [3.05, 3.63) is 59.3 Å². The standard InChI is InChI=1S/C22H13F4N7O2/c1-21-13-15(30-19(21)34)28-17(29-16(13)31-20(35)22(21,25)26)14-11-6-10(23)7-27-18(11)33(32-14)8-9-4-2-3-5-12(9)24/h2-7H,8H2,1H3,(H2,28,29,30,31,34,35). The first kappa shape index (κ1) is 21.1. The van der Waals surface area contributed by atoms with Crippen LogP contribution in [0.5, 0.6) is 0 Å². The Kier molecular flexibility index (Phi) is 4.11. The third-order valence-electron chi connectivity index (χ3n) is 6.28. The van der Waals surface area contributed by atoms with Crippen LogP contribution in [0, 0.1) is 11.6 Å². The zero-order valence-corrected chi connectivity index (χ0v) is 17.7. The van der Waals surface area contributed by atoms with Gasteiger partial charge >= 0.3 is 5.92 Å². The van der Waals surface area contributed by atoms with Crippen molar-refractivity contribution in [2.75, 3.05) is 10.6 Å². The zero-order chi connectivity index (χ0) is 24.7. The Hall–Kier alpha value is -4.42. The average Bonchev–Trinajstić information content (AvgIpc) is 3.29. The summed E-state index contributed by atoms with van der Waals surface area (Å²) in [7, 11) is 0. The Balaban J connectivity index is 1.55. The fourth-order valence-electron chi connectivity index (χ4n) is 4.38. The van der Waals surface area contributed by atoms with Crippen molar-refractivity contribution in [2.45, 2.75) is 24.8 Å². The van der Waals surface area contributed by atoms with Crippen LogP contribution in [0.4, 0.5) is 29.2 Å². The number of fused-ring (bicyclic) bond motifs is 1. The second kappa shape index (κ2) is 6.81. The molecule has 6 rings (SSSR count). The molecular formula is C22H13F4N7O2. The molecule has 0 radical (unpaired) electrons. The summed E-state index contributed by atoms with van der Waals surface area (Å²) in [5, 5.41) is 8.85. The molecule has 9 nitrogen and oxygen atoms in total. The van der Waals surface area contributed by atoms with E-state index in [4.69, 9.17) is 0 Å². The van der Waals surface area contributed by atoms with Crippen LogP contribution in [0.15, 0.2) is 36.5 Å². The van der Waals surface area contributed by atoms with Crippen molar-refractivity contribution < 1.29 is 27.2 Å². The van der Waals surface area contributed by atoms with Crippen molar-refractivity contribution in [1.82, 2.24) is 24.7 Å². The molecule has 0 saturated carbocycles. The number of benzene rings is 1. The molecule has 5 heterocycles. The highest BCUT2D eigenvalue weighted by Gasteiger charge is 2.69. The predicted molar refractivity (Wildman–Crippen MR) is 114 cm³/mol. The van der Waals surface area contributed by atoms with Gasteiger partial charge in [-0.15, -0.1) is 0 Å². The third kappa shape index (κ3) is 2.74. The minimum absolute atomic E-state index is 0.00294. The summed E-state index contributed by atoms with van der Waals surface area (Å²) in [6.07, 6.45) is 0.965. The van der Waals surface area contributed by atoms with E-state index in [0.29, 0.717) is 0 Å². The van der Waals surface area contributed by atoms with Crippen LogP contribution in [0.25, 0.3) is 22.6 Å². The molecule has 1 atom stereocenters. The quantitative estimate of drug-likeness (QED) is 0.433. The molecule has 2 amide bonds. The van der Waals surface area contributed by atoms with Crippen molar-refractivity contribution in [3.63, 3.8) is 0 Å². The first-order chi connectivity index (χ1) is 16.6. The first-order valence-electron chi connectivity index (χ1n) is 10.3. The molecule has 4 aromatic rings. The summed E-state index contributed by atoms with van der Waals surface area (Å²) in [6, 6.07) is 7.13. The molecule has 2 N–H and O–H groups in total. The minimum atomic E-state index is -4.04. The summed E-state index contributed by atoms with van der Waals surface area (Å²) in [5.41, 5.74) is -2.28.